The molecule has 0 amide bonds. The predicted octanol–water partition coefficient (Wildman–Crippen LogP) is 4.84. The van der Waals surface area contributed by atoms with Gasteiger partial charge in [0.1, 0.15) is 23.0 Å². The van der Waals surface area contributed by atoms with E-state index in [2.05, 4.69) is 0 Å². The van der Waals surface area contributed by atoms with Crippen LogP contribution in [0.5, 0.6) is 23.0 Å². The summed E-state index contributed by atoms with van der Waals surface area (Å²) in [6, 6.07) is 9.81. The molecule has 0 spiro atoms. The first-order valence-corrected chi connectivity index (χ1v) is 6.65. The summed E-state index contributed by atoms with van der Waals surface area (Å²) in [6.07, 6.45) is 0. The number of halogens is 1. The van der Waals surface area contributed by atoms with E-state index in [9.17, 15) is 10.2 Å². The lowest BCUT2D eigenvalue weighted by Crippen LogP contribution is -2.11. The van der Waals surface area contributed by atoms with Gasteiger partial charge in [0, 0.05) is 12.1 Å². The van der Waals surface area contributed by atoms with Crippen molar-refractivity contribution in [2.45, 2.75) is 26.2 Å². The number of aromatic hydroxyl groups is 2. The zero-order valence-corrected chi connectivity index (χ0v) is 12.4. The van der Waals surface area contributed by atoms with Gasteiger partial charge in [-0.15, -0.1) is 0 Å². The van der Waals surface area contributed by atoms with Gasteiger partial charge in [-0.05, 0) is 29.2 Å². The van der Waals surface area contributed by atoms with Gasteiger partial charge < -0.3 is 14.9 Å². The molecule has 0 radical (unpaired) electrons. The number of phenolic OH excluding ortho intramolecular Hbond substituents is 2. The second kappa shape index (κ2) is 5.25. The molecule has 20 heavy (non-hydrogen) atoms. The van der Waals surface area contributed by atoms with Gasteiger partial charge >= 0.3 is 0 Å². The Morgan fingerprint density at radius 2 is 1.45 bits per heavy atom. The molecule has 4 heteroatoms. The van der Waals surface area contributed by atoms with Crippen LogP contribution in [0.1, 0.15) is 26.3 Å². The third kappa shape index (κ3) is 3.17. The van der Waals surface area contributed by atoms with Crippen LogP contribution in [0.15, 0.2) is 36.4 Å². The van der Waals surface area contributed by atoms with Crippen LogP contribution >= 0.6 is 11.6 Å². The van der Waals surface area contributed by atoms with Gasteiger partial charge in [0.05, 0.1) is 5.02 Å². The van der Waals surface area contributed by atoms with E-state index >= 15 is 0 Å². The summed E-state index contributed by atoms with van der Waals surface area (Å²) in [5.41, 5.74) is 0.713. The van der Waals surface area contributed by atoms with Crippen molar-refractivity contribution in [3.8, 4) is 23.0 Å². The monoisotopic (exact) mass is 292 g/mol. The summed E-state index contributed by atoms with van der Waals surface area (Å²) in [5, 5.41) is 19.8. The van der Waals surface area contributed by atoms with E-state index < -0.39 is 0 Å². The first-order chi connectivity index (χ1) is 9.27. The topological polar surface area (TPSA) is 49.7 Å². The van der Waals surface area contributed by atoms with E-state index in [1.807, 2.05) is 26.8 Å². The number of hydrogen-bond acceptors (Lipinski definition) is 3. The number of benzene rings is 2. The lowest BCUT2D eigenvalue weighted by molar-refractivity contribution is 0.432. The van der Waals surface area contributed by atoms with Gasteiger partial charge in [0.25, 0.3) is 0 Å². The van der Waals surface area contributed by atoms with E-state index in [4.69, 9.17) is 16.3 Å². The van der Waals surface area contributed by atoms with E-state index in [1.54, 1.807) is 24.3 Å². The highest BCUT2D eigenvalue weighted by Crippen LogP contribution is 2.36. The maximum Gasteiger partial charge on any atom is 0.137 e. The van der Waals surface area contributed by atoms with Crippen LogP contribution in [0.25, 0.3) is 0 Å². The zero-order chi connectivity index (χ0) is 14.9. The quantitative estimate of drug-likeness (QED) is 0.832. The summed E-state index contributed by atoms with van der Waals surface area (Å²) < 4.78 is 5.58. The highest BCUT2D eigenvalue weighted by molar-refractivity contribution is 6.32. The Hall–Kier alpha value is -1.87. The Bertz CT molecular complexity index is 630. The standard InChI is InChI=1S/C16H17ClO3/c1-16(2,3)12-6-4-10(8-14(12)18)20-11-5-7-13(17)15(19)9-11/h4-9,18-19H,1-3H3. The van der Waals surface area contributed by atoms with E-state index in [0.717, 1.165) is 5.56 Å². The second-order valence-corrected chi connectivity index (χ2v) is 6.05. The summed E-state index contributed by atoms with van der Waals surface area (Å²) in [5.74, 6) is 1.10. The Morgan fingerprint density at radius 1 is 0.900 bits per heavy atom. The van der Waals surface area contributed by atoms with Crippen LogP contribution in [0.2, 0.25) is 5.02 Å². The van der Waals surface area contributed by atoms with Crippen LogP contribution in [0.3, 0.4) is 0 Å². The van der Waals surface area contributed by atoms with Gasteiger partial charge in [-0.1, -0.05) is 38.4 Å². The summed E-state index contributed by atoms with van der Waals surface area (Å²) in [6.45, 7) is 6.08. The van der Waals surface area contributed by atoms with Crippen LogP contribution in [0.4, 0.5) is 0 Å². The molecule has 2 rings (SSSR count). The van der Waals surface area contributed by atoms with Crippen LogP contribution < -0.4 is 4.74 Å². The zero-order valence-electron chi connectivity index (χ0n) is 11.6. The third-order valence-electron chi connectivity index (χ3n) is 2.93. The minimum atomic E-state index is -0.138. The lowest BCUT2D eigenvalue weighted by atomic mass is 9.86. The van der Waals surface area contributed by atoms with Gasteiger partial charge in [0.2, 0.25) is 0 Å². The molecule has 2 N–H and O–H groups in total. The number of phenols is 2. The SMILES string of the molecule is CC(C)(C)c1ccc(Oc2ccc(Cl)c(O)c2)cc1O. The van der Waals surface area contributed by atoms with Gasteiger partial charge in [-0.2, -0.15) is 0 Å². The average Bonchev–Trinajstić information content (AvgIpc) is 2.32. The maximum atomic E-state index is 10.1. The van der Waals surface area contributed by atoms with E-state index in [0.29, 0.717) is 11.5 Å². The van der Waals surface area contributed by atoms with Gasteiger partial charge in [0.15, 0.2) is 0 Å². The largest absolute Gasteiger partial charge is 0.508 e. The first kappa shape index (κ1) is 14.5. The number of rotatable bonds is 2. The highest BCUT2D eigenvalue weighted by Gasteiger charge is 2.18. The number of hydrogen-bond donors (Lipinski definition) is 2. The van der Waals surface area contributed by atoms with Crippen LogP contribution in [-0.4, -0.2) is 10.2 Å². The minimum absolute atomic E-state index is 0.0419. The molecule has 0 unspecified atom stereocenters. The Morgan fingerprint density at radius 3 is 1.95 bits per heavy atom. The fourth-order valence-electron chi connectivity index (χ4n) is 1.90. The van der Waals surface area contributed by atoms with E-state index in [1.165, 1.54) is 6.07 Å². The molecule has 2 aromatic carbocycles. The molecular weight excluding hydrogens is 276 g/mol. The Labute approximate surface area is 123 Å². The van der Waals surface area contributed by atoms with Crippen molar-refractivity contribution in [3.05, 3.63) is 47.0 Å². The third-order valence-corrected chi connectivity index (χ3v) is 3.25. The molecule has 0 fully saturated rings. The average molecular weight is 293 g/mol. The van der Waals surface area contributed by atoms with Crippen molar-refractivity contribution in [1.82, 2.24) is 0 Å². The molecule has 0 heterocycles. The van der Waals surface area contributed by atoms with Crippen molar-refractivity contribution in [2.75, 3.05) is 0 Å². The molecule has 2 aromatic rings. The smallest absolute Gasteiger partial charge is 0.137 e. The molecule has 0 aromatic heterocycles. The summed E-state index contributed by atoms with van der Waals surface area (Å²) in [4.78, 5) is 0. The number of ether oxygens (including phenoxy) is 1. The van der Waals surface area contributed by atoms with E-state index in [-0.39, 0.29) is 21.9 Å². The van der Waals surface area contributed by atoms with Crippen LogP contribution in [-0.2, 0) is 5.41 Å². The molecule has 106 valence electrons. The van der Waals surface area contributed by atoms with Gasteiger partial charge in [-0.25, -0.2) is 0 Å². The maximum absolute atomic E-state index is 10.1. The molecular formula is C16H17ClO3. The molecule has 0 bridgehead atoms. The Kier molecular flexibility index (Phi) is 3.82. The molecule has 0 saturated heterocycles. The normalized spacial score (nSPS) is 11.4. The molecule has 0 saturated carbocycles. The Balaban J connectivity index is 2.26. The molecule has 0 atom stereocenters. The fourth-order valence-corrected chi connectivity index (χ4v) is 2.02. The van der Waals surface area contributed by atoms with Crippen molar-refractivity contribution in [3.63, 3.8) is 0 Å². The van der Waals surface area contributed by atoms with Gasteiger partial charge in [-0.3, -0.25) is 0 Å². The molecule has 3 nitrogen and oxygen atoms in total. The summed E-state index contributed by atoms with van der Waals surface area (Å²) in [7, 11) is 0. The van der Waals surface area contributed by atoms with Crippen molar-refractivity contribution >= 4 is 11.6 Å². The molecule has 0 aliphatic heterocycles. The van der Waals surface area contributed by atoms with Crippen molar-refractivity contribution < 1.29 is 14.9 Å². The molecule has 0 aliphatic carbocycles. The first-order valence-electron chi connectivity index (χ1n) is 6.27. The summed E-state index contributed by atoms with van der Waals surface area (Å²) >= 11 is 5.73. The van der Waals surface area contributed by atoms with Crippen LogP contribution in [0, 0.1) is 0 Å². The van der Waals surface area contributed by atoms with Crippen molar-refractivity contribution in [1.29, 1.82) is 0 Å². The fraction of sp³-hybridized carbons (Fsp3) is 0.250. The minimum Gasteiger partial charge on any atom is -0.508 e. The molecule has 0 aliphatic rings. The lowest BCUT2D eigenvalue weighted by Gasteiger charge is -2.20. The second-order valence-electron chi connectivity index (χ2n) is 5.64. The van der Waals surface area contributed by atoms with Crippen molar-refractivity contribution in [2.24, 2.45) is 0 Å². The highest BCUT2D eigenvalue weighted by atomic mass is 35.5. The predicted molar refractivity (Wildman–Crippen MR) is 80.0 cm³/mol.